The van der Waals surface area contributed by atoms with Crippen molar-refractivity contribution in [2.45, 2.75) is 18.3 Å². The van der Waals surface area contributed by atoms with Crippen molar-refractivity contribution in [1.82, 2.24) is 10.5 Å². The van der Waals surface area contributed by atoms with Gasteiger partial charge in [0.1, 0.15) is 6.26 Å². The quantitative estimate of drug-likeness (QED) is 0.837. The minimum Gasteiger partial charge on any atom is -0.363 e. The molecule has 1 aliphatic carbocycles. The van der Waals surface area contributed by atoms with Crippen molar-refractivity contribution >= 4 is 29.0 Å². The summed E-state index contributed by atoms with van der Waals surface area (Å²) in [6.07, 6.45) is 3.40. The Bertz CT molecular complexity index is 603. The Morgan fingerprint density at radius 1 is 1.35 bits per heavy atom. The maximum Gasteiger partial charge on any atom is 0.314 e. The standard InChI is InChI=1S/C13H13N3O3S/c17-11(12(18)15-10-1-5-19-16-10)14-8-13(3-4-13)9-2-6-20-7-9/h1-2,5-7H,3-4,8H2,(H,14,17)(H,15,16,18). The van der Waals surface area contributed by atoms with E-state index in [1.807, 2.05) is 5.38 Å². The van der Waals surface area contributed by atoms with Crippen LogP contribution in [0.4, 0.5) is 5.82 Å². The Kier molecular flexibility index (Phi) is 3.27. The average Bonchev–Trinajstić information content (AvgIpc) is 2.88. The van der Waals surface area contributed by atoms with Crippen molar-refractivity contribution in [3.05, 3.63) is 34.7 Å². The number of rotatable bonds is 4. The van der Waals surface area contributed by atoms with Gasteiger partial charge in [0.25, 0.3) is 0 Å². The minimum absolute atomic E-state index is 0.0177. The normalized spacial score (nSPS) is 15.6. The highest BCUT2D eigenvalue weighted by molar-refractivity contribution is 7.08. The lowest BCUT2D eigenvalue weighted by Gasteiger charge is -2.14. The van der Waals surface area contributed by atoms with Gasteiger partial charge in [-0.25, -0.2) is 0 Å². The third kappa shape index (κ3) is 2.57. The summed E-state index contributed by atoms with van der Waals surface area (Å²) >= 11 is 1.64. The molecule has 20 heavy (non-hydrogen) atoms. The topological polar surface area (TPSA) is 84.2 Å². The average molecular weight is 291 g/mol. The molecule has 104 valence electrons. The molecule has 0 saturated heterocycles. The first-order valence-corrected chi connectivity index (χ1v) is 7.16. The number of carbonyl (C=O) groups is 2. The molecule has 0 unspecified atom stereocenters. The zero-order chi connectivity index (χ0) is 14.0. The number of amides is 2. The van der Waals surface area contributed by atoms with Gasteiger partial charge in [-0.1, -0.05) is 5.16 Å². The lowest BCUT2D eigenvalue weighted by molar-refractivity contribution is -0.136. The third-order valence-electron chi connectivity index (χ3n) is 3.46. The fraction of sp³-hybridized carbons (Fsp3) is 0.308. The smallest absolute Gasteiger partial charge is 0.314 e. The van der Waals surface area contributed by atoms with Crippen LogP contribution < -0.4 is 10.6 Å². The van der Waals surface area contributed by atoms with E-state index in [1.54, 1.807) is 11.3 Å². The van der Waals surface area contributed by atoms with E-state index >= 15 is 0 Å². The molecule has 0 radical (unpaired) electrons. The first-order valence-electron chi connectivity index (χ1n) is 6.22. The van der Waals surface area contributed by atoms with Crippen LogP contribution in [0.5, 0.6) is 0 Å². The molecule has 1 fully saturated rings. The van der Waals surface area contributed by atoms with Gasteiger partial charge in [0.2, 0.25) is 0 Å². The van der Waals surface area contributed by atoms with Crippen molar-refractivity contribution in [2.24, 2.45) is 0 Å². The molecule has 7 heteroatoms. The summed E-state index contributed by atoms with van der Waals surface area (Å²) in [5, 5.41) is 12.7. The van der Waals surface area contributed by atoms with E-state index < -0.39 is 11.8 Å². The van der Waals surface area contributed by atoms with Crippen molar-refractivity contribution in [2.75, 3.05) is 11.9 Å². The van der Waals surface area contributed by atoms with Gasteiger partial charge in [-0.15, -0.1) is 0 Å². The molecular formula is C13H13N3O3S. The highest BCUT2D eigenvalue weighted by atomic mass is 32.1. The molecule has 1 aliphatic rings. The molecule has 2 N–H and O–H groups in total. The maximum absolute atomic E-state index is 11.7. The largest absolute Gasteiger partial charge is 0.363 e. The minimum atomic E-state index is -0.736. The van der Waals surface area contributed by atoms with Gasteiger partial charge < -0.3 is 9.84 Å². The molecule has 0 spiro atoms. The molecule has 0 aliphatic heterocycles. The second kappa shape index (κ2) is 5.09. The second-order valence-electron chi connectivity index (χ2n) is 4.81. The summed E-state index contributed by atoms with van der Waals surface area (Å²) < 4.78 is 4.57. The molecule has 6 nitrogen and oxygen atoms in total. The van der Waals surface area contributed by atoms with E-state index in [9.17, 15) is 9.59 Å². The number of anilines is 1. The van der Waals surface area contributed by atoms with Crippen LogP contribution in [0.1, 0.15) is 18.4 Å². The molecular weight excluding hydrogens is 278 g/mol. The Balaban J connectivity index is 1.54. The predicted octanol–water partition coefficient (Wildman–Crippen LogP) is 1.52. The van der Waals surface area contributed by atoms with Crippen LogP contribution in [0.15, 0.2) is 33.7 Å². The summed E-state index contributed by atoms with van der Waals surface area (Å²) in [7, 11) is 0. The fourth-order valence-electron chi connectivity index (χ4n) is 2.06. The van der Waals surface area contributed by atoms with Crippen molar-refractivity contribution in [3.8, 4) is 0 Å². The second-order valence-corrected chi connectivity index (χ2v) is 5.59. The first-order chi connectivity index (χ1) is 9.70. The van der Waals surface area contributed by atoms with Gasteiger partial charge in [0.05, 0.1) is 0 Å². The highest BCUT2D eigenvalue weighted by Gasteiger charge is 2.44. The highest BCUT2D eigenvalue weighted by Crippen LogP contribution is 2.48. The third-order valence-corrected chi connectivity index (χ3v) is 4.14. The Morgan fingerprint density at radius 3 is 2.80 bits per heavy atom. The van der Waals surface area contributed by atoms with Gasteiger partial charge in [0, 0.05) is 18.0 Å². The first kappa shape index (κ1) is 12.9. The predicted molar refractivity (Wildman–Crippen MR) is 73.4 cm³/mol. The number of hydrogen-bond acceptors (Lipinski definition) is 5. The van der Waals surface area contributed by atoms with E-state index in [0.29, 0.717) is 6.54 Å². The maximum atomic E-state index is 11.7. The van der Waals surface area contributed by atoms with Crippen LogP contribution in [0.25, 0.3) is 0 Å². The summed E-state index contributed by atoms with van der Waals surface area (Å²) in [6.45, 7) is 0.481. The molecule has 0 aromatic carbocycles. The molecule has 2 aromatic rings. The number of aromatic nitrogens is 1. The van der Waals surface area contributed by atoms with Crippen LogP contribution in [0, 0.1) is 0 Å². The number of thiophene rings is 1. The van der Waals surface area contributed by atoms with Gasteiger partial charge in [-0.3, -0.25) is 14.9 Å². The van der Waals surface area contributed by atoms with E-state index in [2.05, 4.69) is 31.8 Å². The van der Waals surface area contributed by atoms with Crippen molar-refractivity contribution in [3.63, 3.8) is 0 Å². The van der Waals surface area contributed by atoms with Gasteiger partial charge >= 0.3 is 11.8 Å². The Morgan fingerprint density at radius 2 is 2.20 bits per heavy atom. The van der Waals surface area contributed by atoms with E-state index in [4.69, 9.17) is 0 Å². The van der Waals surface area contributed by atoms with Crippen molar-refractivity contribution in [1.29, 1.82) is 0 Å². The molecule has 0 atom stereocenters. The van der Waals surface area contributed by atoms with Crippen LogP contribution in [-0.2, 0) is 15.0 Å². The monoisotopic (exact) mass is 291 g/mol. The van der Waals surface area contributed by atoms with Crippen LogP contribution in [0.2, 0.25) is 0 Å². The van der Waals surface area contributed by atoms with Crippen molar-refractivity contribution < 1.29 is 14.1 Å². The zero-order valence-corrected chi connectivity index (χ0v) is 11.4. The molecule has 0 bridgehead atoms. The number of nitrogens with zero attached hydrogens (tertiary/aromatic N) is 1. The molecule has 1 saturated carbocycles. The summed E-state index contributed by atoms with van der Waals surface area (Å²) in [5.41, 5.74) is 1.25. The lowest BCUT2D eigenvalue weighted by atomic mass is 9.99. The van der Waals surface area contributed by atoms with Crippen LogP contribution >= 0.6 is 11.3 Å². The van der Waals surface area contributed by atoms with E-state index in [1.165, 1.54) is 17.9 Å². The summed E-state index contributed by atoms with van der Waals surface area (Å²) in [5.74, 6) is -1.17. The zero-order valence-electron chi connectivity index (χ0n) is 10.6. The summed E-state index contributed by atoms with van der Waals surface area (Å²) in [6, 6.07) is 3.54. The molecule has 2 heterocycles. The van der Waals surface area contributed by atoms with Gasteiger partial charge in [-0.05, 0) is 35.2 Å². The van der Waals surface area contributed by atoms with E-state index in [0.717, 1.165) is 12.8 Å². The van der Waals surface area contributed by atoms with E-state index in [-0.39, 0.29) is 11.2 Å². The summed E-state index contributed by atoms with van der Waals surface area (Å²) in [4.78, 5) is 23.4. The fourth-order valence-corrected chi connectivity index (χ4v) is 2.84. The molecule has 2 aromatic heterocycles. The number of carbonyl (C=O) groups excluding carboxylic acids is 2. The van der Waals surface area contributed by atoms with Gasteiger partial charge in [-0.2, -0.15) is 11.3 Å². The Labute approximate surface area is 119 Å². The van der Waals surface area contributed by atoms with Gasteiger partial charge in [0.15, 0.2) is 5.82 Å². The molecule has 2 amide bonds. The van der Waals surface area contributed by atoms with Crippen LogP contribution in [-0.4, -0.2) is 23.5 Å². The molecule has 3 rings (SSSR count). The SMILES string of the molecule is O=C(NCC1(c2ccsc2)CC1)C(=O)Nc1ccon1. The number of hydrogen-bond donors (Lipinski definition) is 2. The number of nitrogens with one attached hydrogen (secondary N) is 2. The van der Waals surface area contributed by atoms with Crippen LogP contribution in [0.3, 0.4) is 0 Å². The Hall–Kier alpha value is -2.15. The lowest BCUT2D eigenvalue weighted by Crippen LogP contribution is -2.39.